The Morgan fingerprint density at radius 1 is 1.45 bits per heavy atom. The highest BCUT2D eigenvalue weighted by Gasteiger charge is 2.31. The third kappa shape index (κ3) is 5.38. The van der Waals surface area contributed by atoms with Crippen LogP contribution in [0, 0.1) is 5.92 Å². The van der Waals surface area contributed by atoms with Gasteiger partial charge in [0, 0.05) is 6.54 Å². The van der Waals surface area contributed by atoms with E-state index in [4.69, 9.17) is 10.8 Å². The second-order valence-electron chi connectivity index (χ2n) is 6.43. The lowest BCUT2D eigenvalue weighted by atomic mass is 9.91. The zero-order valence-corrected chi connectivity index (χ0v) is 13.3. The Hall–Kier alpha value is -0.650. The number of hydrogen-bond donors (Lipinski definition) is 2. The van der Waals surface area contributed by atoms with E-state index in [1.807, 2.05) is 6.92 Å². The molecular weight excluding hydrogens is 254 g/mol. The van der Waals surface area contributed by atoms with E-state index in [2.05, 4.69) is 23.9 Å². The first-order valence-electron chi connectivity index (χ1n) is 7.76. The quantitative estimate of drug-likeness (QED) is 0.702. The number of nitrogens with two attached hydrogens (primary N) is 1. The molecule has 5 heteroatoms. The molecule has 118 valence electrons. The summed E-state index contributed by atoms with van der Waals surface area (Å²) in [6, 6.07) is 0. The Morgan fingerprint density at radius 2 is 2.05 bits per heavy atom. The first-order chi connectivity index (χ1) is 9.37. The van der Waals surface area contributed by atoms with Crippen molar-refractivity contribution < 1.29 is 9.90 Å². The molecule has 5 nitrogen and oxygen atoms in total. The predicted octanol–water partition coefficient (Wildman–Crippen LogP) is 1.23. The maximum Gasteiger partial charge on any atom is 0.323 e. The first kappa shape index (κ1) is 17.4. The largest absolute Gasteiger partial charge is 0.480 e. The number of carboxylic acids is 1. The van der Waals surface area contributed by atoms with Crippen molar-refractivity contribution in [2.24, 2.45) is 11.7 Å². The van der Waals surface area contributed by atoms with Gasteiger partial charge in [-0.2, -0.15) is 0 Å². The normalized spacial score (nSPS) is 21.1. The molecular formula is C15H31N3O2. The van der Waals surface area contributed by atoms with Crippen LogP contribution >= 0.6 is 0 Å². The molecule has 1 aliphatic rings. The van der Waals surface area contributed by atoms with E-state index in [0.717, 1.165) is 25.4 Å². The highest BCUT2D eigenvalue weighted by atomic mass is 16.4. The molecule has 1 atom stereocenters. The van der Waals surface area contributed by atoms with Gasteiger partial charge in [0.05, 0.1) is 0 Å². The fourth-order valence-corrected chi connectivity index (χ4v) is 2.88. The Labute approximate surface area is 123 Å². The first-order valence-corrected chi connectivity index (χ1v) is 7.76. The van der Waals surface area contributed by atoms with Gasteiger partial charge in [-0.15, -0.1) is 0 Å². The van der Waals surface area contributed by atoms with Crippen molar-refractivity contribution in [1.29, 1.82) is 0 Å². The molecule has 1 unspecified atom stereocenters. The number of rotatable bonds is 8. The minimum atomic E-state index is -1.05. The summed E-state index contributed by atoms with van der Waals surface area (Å²) in [5, 5.41) is 9.14. The topological polar surface area (TPSA) is 69.8 Å². The molecule has 3 N–H and O–H groups in total. The summed E-state index contributed by atoms with van der Waals surface area (Å²) in [6.07, 6.45) is 4.43. The molecule has 0 amide bonds. The van der Waals surface area contributed by atoms with Crippen molar-refractivity contribution in [3.63, 3.8) is 0 Å². The number of carbonyl (C=O) groups is 1. The second-order valence-corrected chi connectivity index (χ2v) is 6.43. The van der Waals surface area contributed by atoms with Crippen LogP contribution in [0.15, 0.2) is 0 Å². The Kier molecular flexibility index (Phi) is 6.92. The fourth-order valence-electron chi connectivity index (χ4n) is 2.88. The van der Waals surface area contributed by atoms with E-state index in [9.17, 15) is 4.79 Å². The monoisotopic (exact) mass is 285 g/mol. The van der Waals surface area contributed by atoms with Crippen LogP contribution in [0.3, 0.4) is 0 Å². The zero-order valence-electron chi connectivity index (χ0n) is 13.3. The van der Waals surface area contributed by atoms with Crippen LogP contribution in [0.5, 0.6) is 0 Å². The number of likely N-dealkylation sites (tertiary alicyclic amines) is 1. The molecule has 1 rings (SSSR count). The Morgan fingerprint density at radius 3 is 2.55 bits per heavy atom. The SMILES string of the molecule is CCC(N)(CCCN(C)CC1CCN(C)CC1)C(=O)O. The highest BCUT2D eigenvalue weighted by Crippen LogP contribution is 2.18. The van der Waals surface area contributed by atoms with E-state index in [0.29, 0.717) is 12.8 Å². The lowest BCUT2D eigenvalue weighted by Crippen LogP contribution is -2.47. The predicted molar refractivity (Wildman–Crippen MR) is 81.8 cm³/mol. The smallest absolute Gasteiger partial charge is 0.323 e. The molecule has 1 aliphatic heterocycles. The summed E-state index contributed by atoms with van der Waals surface area (Å²) < 4.78 is 0. The van der Waals surface area contributed by atoms with Gasteiger partial charge in [-0.25, -0.2) is 0 Å². The van der Waals surface area contributed by atoms with E-state index in [1.165, 1.54) is 25.9 Å². The number of nitrogens with zero attached hydrogens (tertiary/aromatic N) is 2. The highest BCUT2D eigenvalue weighted by molar-refractivity contribution is 5.78. The van der Waals surface area contributed by atoms with E-state index >= 15 is 0 Å². The standard InChI is InChI=1S/C15H31N3O2/c1-4-15(16,14(19)20)8-5-9-18(3)12-13-6-10-17(2)11-7-13/h13H,4-12,16H2,1-3H3,(H,19,20). The van der Waals surface area contributed by atoms with Crippen LogP contribution in [-0.4, -0.2) is 66.7 Å². The van der Waals surface area contributed by atoms with Crippen LogP contribution in [0.4, 0.5) is 0 Å². The average Bonchev–Trinajstić information content (AvgIpc) is 2.41. The third-order valence-corrected chi connectivity index (χ3v) is 4.63. The van der Waals surface area contributed by atoms with Crippen molar-refractivity contribution >= 4 is 5.97 Å². The number of carboxylic acid groups (broad SMARTS) is 1. The summed E-state index contributed by atoms with van der Waals surface area (Å²) in [5.74, 6) is -0.0950. The zero-order chi connectivity index (χ0) is 15.2. The molecule has 0 bridgehead atoms. The minimum absolute atomic E-state index is 0.487. The van der Waals surface area contributed by atoms with Crippen LogP contribution in [0.2, 0.25) is 0 Å². The summed E-state index contributed by atoms with van der Waals surface area (Å²) in [6.45, 7) is 6.28. The molecule has 0 saturated carbocycles. The molecule has 20 heavy (non-hydrogen) atoms. The lowest BCUT2D eigenvalue weighted by Gasteiger charge is -2.32. The van der Waals surface area contributed by atoms with E-state index in [-0.39, 0.29) is 0 Å². The Bertz CT molecular complexity index is 303. The van der Waals surface area contributed by atoms with Gasteiger partial charge in [0.15, 0.2) is 0 Å². The molecule has 0 aromatic rings. The Balaban J connectivity index is 2.23. The van der Waals surface area contributed by atoms with Crippen LogP contribution in [0.25, 0.3) is 0 Å². The summed E-state index contributed by atoms with van der Waals surface area (Å²) in [7, 11) is 4.31. The van der Waals surface area contributed by atoms with Crippen molar-refractivity contribution in [3.8, 4) is 0 Å². The van der Waals surface area contributed by atoms with E-state index in [1.54, 1.807) is 0 Å². The van der Waals surface area contributed by atoms with Gasteiger partial charge in [-0.1, -0.05) is 6.92 Å². The number of piperidine rings is 1. The van der Waals surface area contributed by atoms with Crippen LogP contribution < -0.4 is 5.73 Å². The summed E-state index contributed by atoms with van der Waals surface area (Å²) >= 11 is 0. The van der Waals surface area contributed by atoms with Gasteiger partial charge < -0.3 is 20.6 Å². The summed E-state index contributed by atoms with van der Waals surface area (Å²) in [5.41, 5.74) is 4.86. The molecule has 1 saturated heterocycles. The van der Waals surface area contributed by atoms with Crippen LogP contribution in [0.1, 0.15) is 39.0 Å². The van der Waals surface area contributed by atoms with Crippen molar-refractivity contribution in [2.75, 3.05) is 40.3 Å². The van der Waals surface area contributed by atoms with E-state index < -0.39 is 11.5 Å². The molecule has 1 fully saturated rings. The van der Waals surface area contributed by atoms with Gasteiger partial charge >= 0.3 is 5.97 Å². The summed E-state index contributed by atoms with van der Waals surface area (Å²) in [4.78, 5) is 15.8. The van der Waals surface area contributed by atoms with Gasteiger partial charge in [-0.05, 0) is 71.8 Å². The maximum atomic E-state index is 11.1. The fraction of sp³-hybridized carbons (Fsp3) is 0.933. The lowest BCUT2D eigenvalue weighted by molar-refractivity contribution is -0.143. The van der Waals surface area contributed by atoms with Gasteiger partial charge in [0.1, 0.15) is 5.54 Å². The van der Waals surface area contributed by atoms with Gasteiger partial charge in [-0.3, -0.25) is 4.79 Å². The molecule has 0 aromatic heterocycles. The third-order valence-electron chi connectivity index (χ3n) is 4.63. The molecule has 0 radical (unpaired) electrons. The molecule has 0 spiro atoms. The number of hydrogen-bond acceptors (Lipinski definition) is 4. The maximum absolute atomic E-state index is 11.1. The molecule has 0 aromatic carbocycles. The average molecular weight is 285 g/mol. The van der Waals surface area contributed by atoms with Crippen LogP contribution in [-0.2, 0) is 4.79 Å². The van der Waals surface area contributed by atoms with Gasteiger partial charge in [0.25, 0.3) is 0 Å². The molecule has 0 aliphatic carbocycles. The van der Waals surface area contributed by atoms with Crippen molar-refractivity contribution in [2.45, 2.75) is 44.6 Å². The second kappa shape index (κ2) is 7.96. The van der Waals surface area contributed by atoms with Crippen molar-refractivity contribution in [3.05, 3.63) is 0 Å². The van der Waals surface area contributed by atoms with Crippen molar-refractivity contribution in [1.82, 2.24) is 9.80 Å². The van der Waals surface area contributed by atoms with Gasteiger partial charge in [0.2, 0.25) is 0 Å². The number of aliphatic carboxylic acids is 1. The minimum Gasteiger partial charge on any atom is -0.480 e. The molecule has 1 heterocycles.